The van der Waals surface area contributed by atoms with Crippen LogP contribution in [-0.2, 0) is 0 Å². The Hall–Kier alpha value is -1.36. The van der Waals surface area contributed by atoms with Crippen LogP contribution in [0.5, 0.6) is 0 Å². The molecule has 24 heavy (non-hydrogen) atoms. The van der Waals surface area contributed by atoms with Gasteiger partial charge in [0.05, 0.1) is 11.1 Å². The third kappa shape index (κ3) is 4.38. The number of rotatable bonds is 3. The Morgan fingerprint density at radius 3 is 2.58 bits per heavy atom. The first-order valence-corrected chi connectivity index (χ1v) is 7.99. The van der Waals surface area contributed by atoms with Gasteiger partial charge >= 0.3 is 0 Å². The summed E-state index contributed by atoms with van der Waals surface area (Å²) >= 11 is 0. The van der Waals surface area contributed by atoms with Gasteiger partial charge in [0.15, 0.2) is 0 Å². The summed E-state index contributed by atoms with van der Waals surface area (Å²) < 4.78 is 0. The summed E-state index contributed by atoms with van der Waals surface area (Å²) in [5.41, 5.74) is 2.50. The second-order valence-electron chi connectivity index (χ2n) is 6.12. The number of likely N-dealkylation sites (tertiary alicyclic amines) is 1. The first kappa shape index (κ1) is 20.7. The van der Waals surface area contributed by atoms with E-state index in [0.29, 0.717) is 5.92 Å². The van der Waals surface area contributed by atoms with Crippen molar-refractivity contribution in [1.82, 2.24) is 15.2 Å². The molecule has 0 atom stereocenters. The molecule has 1 amide bonds. The summed E-state index contributed by atoms with van der Waals surface area (Å²) in [6.45, 7) is 4.68. The van der Waals surface area contributed by atoms with Crippen LogP contribution in [0.4, 0.5) is 0 Å². The highest BCUT2D eigenvalue weighted by atomic mass is 35.5. The minimum Gasteiger partial charge on any atom is -0.339 e. The van der Waals surface area contributed by atoms with Gasteiger partial charge in [-0.3, -0.25) is 9.78 Å². The van der Waals surface area contributed by atoms with Gasteiger partial charge in [-0.15, -0.1) is 24.8 Å². The highest BCUT2D eigenvalue weighted by molar-refractivity contribution is 6.05. The maximum absolute atomic E-state index is 12.9. The first-order valence-electron chi connectivity index (χ1n) is 7.99. The molecule has 0 unspecified atom stereocenters. The Bertz CT molecular complexity index is 685. The van der Waals surface area contributed by atoms with E-state index in [2.05, 4.69) is 10.3 Å². The van der Waals surface area contributed by atoms with Crippen molar-refractivity contribution in [2.24, 2.45) is 5.92 Å². The lowest BCUT2D eigenvalue weighted by Gasteiger charge is -2.32. The minimum absolute atomic E-state index is 0. The number of fused-ring (bicyclic) bond motifs is 1. The lowest BCUT2D eigenvalue weighted by atomic mass is 9.96. The standard InChI is InChI=1S/C18H23N3O.2ClH/c1-13-6-7-15-4-3-5-16(17(15)20-13)18(22)21-10-8-14(9-11-21)12-19-2;;/h3-7,14,19H,8-12H2,1-2H3;2*1H. The number of hydrogen-bond donors (Lipinski definition) is 1. The minimum atomic E-state index is 0. The smallest absolute Gasteiger partial charge is 0.256 e. The maximum Gasteiger partial charge on any atom is 0.256 e. The summed E-state index contributed by atoms with van der Waals surface area (Å²) in [6.07, 6.45) is 2.15. The number of nitrogens with one attached hydrogen (secondary N) is 1. The number of aryl methyl sites for hydroxylation is 1. The molecular weight excluding hydrogens is 345 g/mol. The van der Waals surface area contributed by atoms with E-state index in [1.54, 1.807) is 0 Å². The van der Waals surface area contributed by atoms with E-state index in [9.17, 15) is 4.79 Å². The van der Waals surface area contributed by atoms with Crippen molar-refractivity contribution in [2.45, 2.75) is 19.8 Å². The second kappa shape index (κ2) is 9.21. The lowest BCUT2D eigenvalue weighted by molar-refractivity contribution is 0.0692. The molecule has 3 rings (SSSR count). The Morgan fingerprint density at radius 2 is 1.92 bits per heavy atom. The second-order valence-corrected chi connectivity index (χ2v) is 6.12. The number of halogens is 2. The molecule has 1 N–H and O–H groups in total. The van der Waals surface area contributed by atoms with Gasteiger partial charge in [-0.2, -0.15) is 0 Å². The van der Waals surface area contributed by atoms with Crippen LogP contribution in [0.3, 0.4) is 0 Å². The Balaban J connectivity index is 0.00000144. The number of piperidine rings is 1. The topological polar surface area (TPSA) is 45.2 Å². The third-order valence-corrected chi connectivity index (χ3v) is 4.48. The molecule has 0 aliphatic carbocycles. The zero-order valence-corrected chi connectivity index (χ0v) is 15.8. The largest absolute Gasteiger partial charge is 0.339 e. The molecule has 2 aromatic rings. The molecule has 0 spiro atoms. The molecular formula is C18H25Cl2N3O. The fraction of sp³-hybridized carbons (Fsp3) is 0.444. The van der Waals surface area contributed by atoms with E-state index < -0.39 is 0 Å². The molecule has 0 bridgehead atoms. The van der Waals surface area contributed by atoms with Gasteiger partial charge < -0.3 is 10.2 Å². The van der Waals surface area contributed by atoms with Crippen LogP contribution < -0.4 is 5.32 Å². The Labute approximate surface area is 155 Å². The van der Waals surface area contributed by atoms with E-state index in [4.69, 9.17) is 0 Å². The van der Waals surface area contributed by atoms with Gasteiger partial charge in [0.1, 0.15) is 0 Å². The quantitative estimate of drug-likeness (QED) is 0.900. The van der Waals surface area contributed by atoms with Gasteiger partial charge in [0, 0.05) is 24.2 Å². The molecule has 1 aliphatic rings. The van der Waals surface area contributed by atoms with Crippen LogP contribution >= 0.6 is 24.8 Å². The molecule has 0 radical (unpaired) electrons. The molecule has 2 heterocycles. The Kier molecular flexibility index (Phi) is 7.94. The van der Waals surface area contributed by atoms with Crippen molar-refractivity contribution in [2.75, 3.05) is 26.7 Å². The van der Waals surface area contributed by atoms with E-state index in [1.165, 1.54) is 0 Å². The van der Waals surface area contributed by atoms with E-state index in [-0.39, 0.29) is 30.7 Å². The number of carbonyl (C=O) groups excluding carboxylic acids is 1. The normalized spacial score (nSPS) is 14.8. The van der Waals surface area contributed by atoms with Crippen LogP contribution in [0.1, 0.15) is 28.9 Å². The van der Waals surface area contributed by atoms with Crippen molar-refractivity contribution in [3.63, 3.8) is 0 Å². The number of para-hydroxylation sites is 1. The molecule has 1 aromatic carbocycles. The average molecular weight is 370 g/mol. The molecule has 132 valence electrons. The van der Waals surface area contributed by atoms with Crippen molar-refractivity contribution in [1.29, 1.82) is 0 Å². The van der Waals surface area contributed by atoms with Gasteiger partial charge in [-0.1, -0.05) is 18.2 Å². The van der Waals surface area contributed by atoms with E-state index >= 15 is 0 Å². The van der Waals surface area contributed by atoms with Gasteiger partial charge in [0.25, 0.3) is 5.91 Å². The molecule has 0 saturated carbocycles. The van der Waals surface area contributed by atoms with E-state index in [1.807, 2.05) is 49.2 Å². The van der Waals surface area contributed by atoms with Crippen LogP contribution in [0.15, 0.2) is 30.3 Å². The van der Waals surface area contributed by atoms with Gasteiger partial charge in [-0.05, 0) is 51.4 Å². The monoisotopic (exact) mass is 369 g/mol. The summed E-state index contributed by atoms with van der Waals surface area (Å²) in [5, 5.41) is 4.26. The van der Waals surface area contributed by atoms with Crippen molar-refractivity contribution in [3.8, 4) is 0 Å². The fourth-order valence-electron chi connectivity index (χ4n) is 3.22. The number of amides is 1. The highest BCUT2D eigenvalue weighted by Gasteiger charge is 2.24. The SMILES string of the molecule is CNCC1CCN(C(=O)c2cccc3ccc(C)nc23)CC1.Cl.Cl. The first-order chi connectivity index (χ1) is 10.7. The zero-order chi connectivity index (χ0) is 15.5. The van der Waals surface area contributed by atoms with Gasteiger partial charge in [-0.25, -0.2) is 0 Å². The fourth-order valence-corrected chi connectivity index (χ4v) is 3.22. The van der Waals surface area contributed by atoms with Crippen LogP contribution in [0.25, 0.3) is 10.9 Å². The molecule has 4 nitrogen and oxygen atoms in total. The third-order valence-electron chi connectivity index (χ3n) is 4.48. The number of benzene rings is 1. The number of hydrogen-bond acceptors (Lipinski definition) is 3. The number of nitrogens with zero attached hydrogens (tertiary/aromatic N) is 2. The lowest BCUT2D eigenvalue weighted by Crippen LogP contribution is -2.40. The summed E-state index contributed by atoms with van der Waals surface area (Å²) in [6, 6.07) is 9.88. The number of carbonyl (C=O) groups is 1. The van der Waals surface area contributed by atoms with E-state index in [0.717, 1.165) is 54.6 Å². The van der Waals surface area contributed by atoms with Crippen molar-refractivity contribution >= 4 is 41.6 Å². The summed E-state index contributed by atoms with van der Waals surface area (Å²) in [7, 11) is 1.99. The van der Waals surface area contributed by atoms with Crippen molar-refractivity contribution < 1.29 is 4.79 Å². The Morgan fingerprint density at radius 1 is 1.21 bits per heavy atom. The average Bonchev–Trinajstić information content (AvgIpc) is 2.54. The van der Waals surface area contributed by atoms with Gasteiger partial charge in [0.2, 0.25) is 0 Å². The summed E-state index contributed by atoms with van der Waals surface area (Å²) in [5.74, 6) is 0.800. The molecule has 1 aliphatic heterocycles. The van der Waals surface area contributed by atoms with Crippen molar-refractivity contribution in [3.05, 3.63) is 41.6 Å². The predicted molar refractivity (Wildman–Crippen MR) is 104 cm³/mol. The number of aromatic nitrogens is 1. The molecule has 1 saturated heterocycles. The molecule has 1 fully saturated rings. The molecule has 6 heteroatoms. The van der Waals surface area contributed by atoms with Crippen LogP contribution in [0, 0.1) is 12.8 Å². The highest BCUT2D eigenvalue weighted by Crippen LogP contribution is 2.22. The molecule has 1 aromatic heterocycles. The van der Waals surface area contributed by atoms with Crippen LogP contribution in [0.2, 0.25) is 0 Å². The summed E-state index contributed by atoms with van der Waals surface area (Å²) in [4.78, 5) is 19.4. The predicted octanol–water partition coefficient (Wildman–Crippen LogP) is 3.46. The zero-order valence-electron chi connectivity index (χ0n) is 14.1. The number of pyridine rings is 1. The van der Waals surface area contributed by atoms with Crippen LogP contribution in [-0.4, -0.2) is 42.5 Å². The maximum atomic E-state index is 12.9.